The molecule has 0 aliphatic heterocycles. The molecular weight excluding hydrogens is 336 g/mol. The van der Waals surface area contributed by atoms with Crippen LogP contribution in [0.2, 0.25) is 0 Å². The van der Waals surface area contributed by atoms with Crippen LogP contribution in [0.1, 0.15) is 5.56 Å². The summed E-state index contributed by atoms with van der Waals surface area (Å²) in [4.78, 5) is 0. The fourth-order valence-corrected chi connectivity index (χ4v) is 3.88. The maximum atomic E-state index is 10.7. The van der Waals surface area contributed by atoms with Gasteiger partial charge >= 0.3 is 0 Å². The van der Waals surface area contributed by atoms with Crippen LogP contribution in [0, 0.1) is 0 Å². The van der Waals surface area contributed by atoms with Crippen LogP contribution in [0.3, 0.4) is 0 Å². The summed E-state index contributed by atoms with van der Waals surface area (Å²) in [6, 6.07) is 8.92. The van der Waals surface area contributed by atoms with Crippen LogP contribution < -0.4 is 0 Å². The lowest BCUT2D eigenvalue weighted by molar-refractivity contribution is 0.481. The van der Waals surface area contributed by atoms with E-state index in [1.807, 2.05) is 6.07 Å². The van der Waals surface area contributed by atoms with Gasteiger partial charge in [-0.25, -0.2) is 0 Å². The Hall–Kier alpha value is 0.0900. The van der Waals surface area contributed by atoms with Crippen LogP contribution in [0.4, 0.5) is 0 Å². The number of hydrogen-bond donors (Lipinski definition) is 1. The molecule has 1 aromatic carbocycles. The number of hydrogen-bond acceptors (Lipinski definition) is 2. The third-order valence-electron chi connectivity index (χ3n) is 1.56. The molecule has 0 aromatic heterocycles. The molecule has 0 bridgehead atoms. The first kappa shape index (κ1) is 12.2. The van der Waals surface area contributed by atoms with Crippen molar-refractivity contribution in [3.05, 3.63) is 35.9 Å². The zero-order chi connectivity index (χ0) is 10.8. The molecule has 78 valence electrons. The minimum Gasteiger partial charge on any atom is -0.285 e. The van der Waals surface area contributed by atoms with E-state index in [1.54, 1.807) is 24.3 Å². The lowest BCUT2D eigenvalue weighted by Gasteiger charge is -2.18. The average Bonchev–Trinajstić information content (AvgIpc) is 2.01. The van der Waals surface area contributed by atoms with Crippen molar-refractivity contribution in [2.45, 2.75) is 3.23 Å². The smallest absolute Gasteiger partial charge is 0.267 e. The zero-order valence-electron chi connectivity index (χ0n) is 7.02. The van der Waals surface area contributed by atoms with Crippen LogP contribution >= 0.6 is 31.9 Å². The lowest BCUT2D eigenvalue weighted by Crippen LogP contribution is -2.21. The number of halogens is 2. The van der Waals surface area contributed by atoms with Crippen molar-refractivity contribution in [3.8, 4) is 0 Å². The van der Waals surface area contributed by atoms with Gasteiger partial charge in [0, 0.05) is 0 Å². The van der Waals surface area contributed by atoms with E-state index in [0.717, 1.165) is 5.56 Å². The molecule has 1 N–H and O–H groups in total. The highest BCUT2D eigenvalue weighted by atomic mass is 79.9. The van der Waals surface area contributed by atoms with E-state index in [4.69, 9.17) is 4.55 Å². The number of alkyl halides is 2. The van der Waals surface area contributed by atoms with Gasteiger partial charge in [0.05, 0.1) is 0 Å². The quantitative estimate of drug-likeness (QED) is 0.677. The van der Waals surface area contributed by atoms with E-state index in [1.165, 1.54) is 0 Å². The number of benzene rings is 1. The predicted molar refractivity (Wildman–Crippen MR) is 62.4 cm³/mol. The van der Waals surface area contributed by atoms with Crippen molar-refractivity contribution in [1.29, 1.82) is 0 Å². The van der Waals surface area contributed by atoms with Crippen molar-refractivity contribution in [3.63, 3.8) is 0 Å². The maximum Gasteiger partial charge on any atom is 0.267 e. The summed E-state index contributed by atoms with van der Waals surface area (Å²) in [5.41, 5.74) is 0.734. The molecule has 0 saturated heterocycles. The second-order valence-electron chi connectivity index (χ2n) is 2.80. The second-order valence-corrected chi connectivity index (χ2v) is 8.02. The Morgan fingerprint density at radius 3 is 2.14 bits per heavy atom. The fraction of sp³-hybridized carbons (Fsp3) is 0.250. The Labute approximate surface area is 99.5 Å². The van der Waals surface area contributed by atoms with Crippen LogP contribution in [-0.4, -0.2) is 18.7 Å². The van der Waals surface area contributed by atoms with Crippen molar-refractivity contribution < 1.29 is 13.0 Å². The average molecular weight is 344 g/mol. The van der Waals surface area contributed by atoms with E-state index in [9.17, 15) is 8.42 Å². The molecule has 14 heavy (non-hydrogen) atoms. The van der Waals surface area contributed by atoms with Crippen LogP contribution in [0.5, 0.6) is 0 Å². The lowest BCUT2D eigenvalue weighted by atomic mass is 10.2. The molecule has 3 nitrogen and oxygen atoms in total. The van der Waals surface area contributed by atoms with Crippen molar-refractivity contribution in [2.75, 3.05) is 5.75 Å². The standard InChI is InChI=1S/C8H8Br2O3S/c9-8(10,6-14(11,12)13)7-4-2-1-3-5-7/h1-5H,6H2,(H,11,12,13). The largest absolute Gasteiger partial charge is 0.285 e. The van der Waals surface area contributed by atoms with Crippen molar-refractivity contribution >= 4 is 42.0 Å². The molecule has 0 atom stereocenters. The molecule has 0 amide bonds. The van der Waals surface area contributed by atoms with E-state index < -0.39 is 19.1 Å². The Kier molecular flexibility index (Phi) is 3.74. The first-order chi connectivity index (χ1) is 6.31. The summed E-state index contributed by atoms with van der Waals surface area (Å²) in [6.45, 7) is 0. The molecular formula is C8H8Br2O3S. The molecule has 0 fully saturated rings. The molecule has 1 rings (SSSR count). The first-order valence-corrected chi connectivity index (χ1v) is 6.89. The molecule has 0 saturated carbocycles. The van der Waals surface area contributed by atoms with Gasteiger partial charge in [0.25, 0.3) is 10.1 Å². The SMILES string of the molecule is O=S(=O)(O)CC(Br)(Br)c1ccccc1. The summed E-state index contributed by atoms with van der Waals surface area (Å²) in [5, 5.41) is 0. The van der Waals surface area contributed by atoms with Gasteiger partial charge < -0.3 is 0 Å². The Morgan fingerprint density at radius 2 is 1.71 bits per heavy atom. The second kappa shape index (κ2) is 4.30. The van der Waals surface area contributed by atoms with Gasteiger partial charge in [0.15, 0.2) is 0 Å². The van der Waals surface area contributed by atoms with Gasteiger partial charge in [-0.05, 0) is 5.56 Å². The topological polar surface area (TPSA) is 54.4 Å². The molecule has 0 radical (unpaired) electrons. The van der Waals surface area contributed by atoms with Crippen LogP contribution in [-0.2, 0) is 13.4 Å². The van der Waals surface area contributed by atoms with E-state index in [-0.39, 0.29) is 0 Å². The molecule has 0 heterocycles. The van der Waals surface area contributed by atoms with Crippen molar-refractivity contribution in [1.82, 2.24) is 0 Å². The van der Waals surface area contributed by atoms with Gasteiger partial charge in [0.2, 0.25) is 0 Å². The van der Waals surface area contributed by atoms with E-state index in [0.29, 0.717) is 0 Å². The van der Waals surface area contributed by atoms with Gasteiger partial charge in [-0.1, -0.05) is 62.2 Å². The fourth-order valence-electron chi connectivity index (χ4n) is 0.994. The number of rotatable bonds is 3. The predicted octanol–water partition coefficient (Wildman–Crippen LogP) is 2.52. The minimum absolute atomic E-state index is 0.427. The summed E-state index contributed by atoms with van der Waals surface area (Å²) in [7, 11) is -4.02. The zero-order valence-corrected chi connectivity index (χ0v) is 11.0. The summed E-state index contributed by atoms with van der Waals surface area (Å²) >= 11 is 6.41. The van der Waals surface area contributed by atoms with E-state index >= 15 is 0 Å². The molecule has 0 unspecified atom stereocenters. The normalized spacial score (nSPS) is 12.8. The Balaban J connectivity index is 2.97. The van der Waals surface area contributed by atoms with Gasteiger partial charge in [-0.2, -0.15) is 8.42 Å². The monoisotopic (exact) mass is 342 g/mol. The molecule has 0 aliphatic carbocycles. The Bertz CT molecular complexity index is 400. The van der Waals surface area contributed by atoms with E-state index in [2.05, 4.69) is 31.9 Å². The first-order valence-electron chi connectivity index (χ1n) is 3.70. The highest BCUT2D eigenvalue weighted by Crippen LogP contribution is 2.38. The van der Waals surface area contributed by atoms with Crippen LogP contribution in [0.25, 0.3) is 0 Å². The third-order valence-corrected chi connectivity index (χ3v) is 4.58. The van der Waals surface area contributed by atoms with Gasteiger partial charge in [0.1, 0.15) is 8.99 Å². The maximum absolute atomic E-state index is 10.7. The summed E-state index contributed by atoms with van der Waals surface area (Å²) < 4.78 is 29.2. The van der Waals surface area contributed by atoms with Crippen LogP contribution in [0.15, 0.2) is 30.3 Å². The minimum atomic E-state index is -4.02. The van der Waals surface area contributed by atoms with Gasteiger partial charge in [-0.3, -0.25) is 4.55 Å². The highest BCUT2D eigenvalue weighted by Gasteiger charge is 2.30. The molecule has 0 spiro atoms. The molecule has 1 aromatic rings. The van der Waals surface area contributed by atoms with Crippen molar-refractivity contribution in [2.24, 2.45) is 0 Å². The molecule has 0 aliphatic rings. The highest BCUT2D eigenvalue weighted by molar-refractivity contribution is 9.24. The Morgan fingerprint density at radius 1 is 1.21 bits per heavy atom. The summed E-state index contributed by atoms with van der Waals surface area (Å²) in [6.07, 6.45) is 0. The summed E-state index contributed by atoms with van der Waals surface area (Å²) in [5.74, 6) is -0.427. The van der Waals surface area contributed by atoms with Gasteiger partial charge in [-0.15, -0.1) is 0 Å². The molecule has 6 heteroatoms. The third kappa shape index (κ3) is 3.68.